The molecule has 0 saturated carbocycles. The number of hydrogen-bond donors (Lipinski definition) is 2. The third-order valence-corrected chi connectivity index (χ3v) is 7.10. The van der Waals surface area contributed by atoms with Crippen LogP contribution in [0.15, 0.2) is 78.5 Å². The molecule has 2 heterocycles. The fourth-order valence-electron chi connectivity index (χ4n) is 5.08. The molecule has 0 aromatic heterocycles. The summed E-state index contributed by atoms with van der Waals surface area (Å²) in [4.78, 5) is 1.49. The van der Waals surface area contributed by atoms with E-state index in [0.29, 0.717) is 24.5 Å². The lowest BCUT2D eigenvalue weighted by Crippen LogP contribution is -2.25. The average molecular weight is 524 g/mol. The first-order valence-electron chi connectivity index (χ1n) is 12.4. The summed E-state index contributed by atoms with van der Waals surface area (Å²) in [6.07, 6.45) is -1.80. The van der Waals surface area contributed by atoms with E-state index in [1.807, 2.05) is 25.1 Å². The van der Waals surface area contributed by atoms with Gasteiger partial charge in [0.25, 0.3) is 6.08 Å². The van der Waals surface area contributed by atoms with E-state index in [2.05, 4.69) is 0 Å². The summed E-state index contributed by atoms with van der Waals surface area (Å²) in [6, 6.07) is 18.8. The van der Waals surface area contributed by atoms with E-state index in [1.165, 1.54) is 4.90 Å². The van der Waals surface area contributed by atoms with Gasteiger partial charge in [0.15, 0.2) is 0 Å². The Morgan fingerprint density at radius 2 is 1.79 bits per heavy atom. The van der Waals surface area contributed by atoms with Crippen molar-refractivity contribution in [2.75, 3.05) is 26.4 Å². The van der Waals surface area contributed by atoms with Crippen molar-refractivity contribution in [2.24, 2.45) is 5.92 Å². The minimum absolute atomic E-state index is 0.117. The Hall–Kier alpha value is -4.07. The molecule has 0 bridgehead atoms. The third-order valence-electron chi connectivity index (χ3n) is 7.10. The average Bonchev–Trinajstić information content (AvgIpc) is 3.38. The fraction of sp³-hybridized carbons (Fsp3) is 0.267. The third kappa shape index (κ3) is 5.16. The van der Waals surface area contributed by atoms with Crippen LogP contribution < -0.4 is 9.47 Å². The van der Waals surface area contributed by atoms with E-state index in [0.717, 1.165) is 27.8 Å². The molecule has 2 N–H and O–H groups in total. The Morgan fingerprint density at radius 1 is 1.03 bits per heavy atom. The molecule has 2 aliphatic rings. The standard InChI is InChI=1S/C30H28F3NO4/c1-18-25-14-23(36)7-10-27(25)38-29(28(18)21-3-2-4-22(35)13-21)20-5-8-24(9-6-20)37-17-26(30(32)33)34-12-11-19(15-31)16-34/h2-10,13-14,19,29,35-36H,11-12,15-17H2,1H3/t19-,29?/m0/s1. The number of fused-ring (bicyclic) bond motifs is 1. The maximum atomic E-state index is 13.6. The number of alkyl halides is 1. The van der Waals surface area contributed by atoms with Crippen molar-refractivity contribution in [1.82, 2.24) is 4.90 Å². The van der Waals surface area contributed by atoms with Crippen LogP contribution in [0.3, 0.4) is 0 Å². The van der Waals surface area contributed by atoms with Gasteiger partial charge in [0.2, 0.25) is 0 Å². The van der Waals surface area contributed by atoms with Gasteiger partial charge in [-0.2, -0.15) is 8.78 Å². The van der Waals surface area contributed by atoms with Gasteiger partial charge in [0, 0.05) is 30.1 Å². The van der Waals surface area contributed by atoms with Crippen molar-refractivity contribution in [3.63, 3.8) is 0 Å². The number of nitrogens with zero attached hydrogens (tertiary/aromatic N) is 1. The fourth-order valence-corrected chi connectivity index (χ4v) is 5.08. The number of halogens is 3. The molecule has 3 aromatic rings. The number of likely N-dealkylation sites (tertiary alicyclic amines) is 1. The summed E-state index contributed by atoms with van der Waals surface area (Å²) < 4.78 is 52.2. The van der Waals surface area contributed by atoms with Crippen molar-refractivity contribution >= 4 is 11.1 Å². The number of benzene rings is 3. The molecule has 38 heavy (non-hydrogen) atoms. The molecular formula is C30H28F3NO4. The number of phenolic OH excluding ortho intramolecular Hbond substituents is 2. The number of rotatable bonds is 7. The molecule has 5 rings (SSSR count). The topological polar surface area (TPSA) is 62.2 Å². The van der Waals surface area contributed by atoms with Crippen LogP contribution >= 0.6 is 0 Å². The Kier molecular flexibility index (Phi) is 7.22. The molecule has 8 heteroatoms. The van der Waals surface area contributed by atoms with Crippen molar-refractivity contribution in [1.29, 1.82) is 0 Å². The van der Waals surface area contributed by atoms with Crippen molar-refractivity contribution in [2.45, 2.75) is 19.4 Å². The Balaban J connectivity index is 1.40. The molecule has 198 valence electrons. The first-order valence-corrected chi connectivity index (χ1v) is 12.4. The number of aromatic hydroxyl groups is 2. The number of ether oxygens (including phenoxy) is 2. The number of allylic oxidation sites excluding steroid dienone is 1. The predicted octanol–water partition coefficient (Wildman–Crippen LogP) is 6.94. The highest BCUT2D eigenvalue weighted by molar-refractivity contribution is 5.95. The maximum absolute atomic E-state index is 13.6. The predicted molar refractivity (Wildman–Crippen MR) is 139 cm³/mol. The van der Waals surface area contributed by atoms with Gasteiger partial charge in [0.1, 0.15) is 41.4 Å². The van der Waals surface area contributed by atoms with Crippen LogP contribution in [0.25, 0.3) is 11.1 Å². The van der Waals surface area contributed by atoms with Gasteiger partial charge in [-0.3, -0.25) is 4.39 Å². The zero-order chi connectivity index (χ0) is 26.8. The Morgan fingerprint density at radius 3 is 2.47 bits per heavy atom. The summed E-state index contributed by atoms with van der Waals surface area (Å²) in [5.74, 6) is 1.03. The molecular weight excluding hydrogens is 495 g/mol. The number of phenols is 2. The highest BCUT2D eigenvalue weighted by Gasteiger charge is 2.30. The molecule has 5 nitrogen and oxygen atoms in total. The van der Waals surface area contributed by atoms with Crippen LogP contribution in [0.4, 0.5) is 13.2 Å². The second-order valence-electron chi connectivity index (χ2n) is 9.59. The monoisotopic (exact) mass is 523 g/mol. The van der Waals surface area contributed by atoms with Crippen LogP contribution in [0, 0.1) is 5.92 Å². The van der Waals surface area contributed by atoms with E-state index < -0.39 is 18.9 Å². The molecule has 0 aliphatic carbocycles. The van der Waals surface area contributed by atoms with Gasteiger partial charge in [0.05, 0.1) is 6.67 Å². The van der Waals surface area contributed by atoms with E-state index in [9.17, 15) is 23.4 Å². The molecule has 0 spiro atoms. The highest BCUT2D eigenvalue weighted by Crippen LogP contribution is 2.47. The van der Waals surface area contributed by atoms with E-state index >= 15 is 0 Å². The largest absolute Gasteiger partial charge is 0.508 e. The molecule has 2 aliphatic heterocycles. The maximum Gasteiger partial charge on any atom is 0.292 e. The minimum Gasteiger partial charge on any atom is -0.508 e. The molecule has 3 aromatic carbocycles. The zero-order valence-corrected chi connectivity index (χ0v) is 20.8. The summed E-state index contributed by atoms with van der Waals surface area (Å²) in [5.41, 5.74) is 3.82. The second kappa shape index (κ2) is 10.7. The summed E-state index contributed by atoms with van der Waals surface area (Å²) in [7, 11) is 0. The molecule has 1 unspecified atom stereocenters. The van der Waals surface area contributed by atoms with Crippen LogP contribution in [0.1, 0.15) is 36.1 Å². The van der Waals surface area contributed by atoms with Crippen LogP contribution in [-0.2, 0) is 0 Å². The lowest BCUT2D eigenvalue weighted by atomic mass is 9.86. The van der Waals surface area contributed by atoms with Gasteiger partial charge in [-0.05, 0) is 72.5 Å². The summed E-state index contributed by atoms with van der Waals surface area (Å²) >= 11 is 0. The van der Waals surface area contributed by atoms with Crippen molar-refractivity contribution in [3.8, 4) is 23.0 Å². The number of hydrogen-bond acceptors (Lipinski definition) is 5. The zero-order valence-electron chi connectivity index (χ0n) is 20.8. The normalized spacial score (nSPS) is 18.7. The van der Waals surface area contributed by atoms with Gasteiger partial charge < -0.3 is 24.6 Å². The Bertz CT molecular complexity index is 1380. The molecule has 0 radical (unpaired) electrons. The molecule has 2 atom stereocenters. The van der Waals surface area contributed by atoms with Crippen LogP contribution in [0.2, 0.25) is 0 Å². The lowest BCUT2D eigenvalue weighted by molar-refractivity contribution is 0.250. The Labute approximate surface area is 219 Å². The summed E-state index contributed by atoms with van der Waals surface area (Å²) in [6.45, 7) is 1.74. The minimum atomic E-state index is -1.82. The van der Waals surface area contributed by atoms with Crippen molar-refractivity contribution < 1.29 is 32.9 Å². The second-order valence-corrected chi connectivity index (χ2v) is 9.59. The molecule has 1 fully saturated rings. The quantitative estimate of drug-likeness (QED) is 0.351. The highest BCUT2D eigenvalue weighted by atomic mass is 19.3. The lowest BCUT2D eigenvalue weighted by Gasteiger charge is -2.31. The van der Waals surface area contributed by atoms with Crippen LogP contribution in [-0.4, -0.2) is 41.5 Å². The van der Waals surface area contributed by atoms with Gasteiger partial charge >= 0.3 is 0 Å². The summed E-state index contributed by atoms with van der Waals surface area (Å²) in [5, 5.41) is 20.2. The van der Waals surface area contributed by atoms with Gasteiger partial charge in [-0.1, -0.05) is 24.3 Å². The van der Waals surface area contributed by atoms with Crippen LogP contribution in [0.5, 0.6) is 23.0 Å². The molecule has 1 saturated heterocycles. The van der Waals surface area contributed by atoms with Crippen molar-refractivity contribution in [3.05, 3.63) is 95.2 Å². The molecule has 0 amide bonds. The smallest absolute Gasteiger partial charge is 0.292 e. The van der Waals surface area contributed by atoms with E-state index in [1.54, 1.807) is 48.5 Å². The first kappa shape index (κ1) is 25.6. The SMILES string of the molecule is CC1=C(c2cccc(O)c2)C(c2ccc(OCC(=C(F)F)N3CC[C@@H](CF)C3)cc2)Oc2ccc(O)cc21. The van der Waals surface area contributed by atoms with Gasteiger partial charge in [-0.25, -0.2) is 0 Å². The van der Waals surface area contributed by atoms with E-state index in [-0.39, 0.29) is 36.3 Å². The first-order chi connectivity index (χ1) is 18.3. The van der Waals surface area contributed by atoms with E-state index in [4.69, 9.17) is 9.47 Å². The van der Waals surface area contributed by atoms with Gasteiger partial charge in [-0.15, -0.1) is 0 Å².